The Morgan fingerprint density at radius 2 is 1.88 bits per heavy atom. The van der Waals surface area contributed by atoms with Crippen molar-refractivity contribution >= 4 is 16.6 Å². The zero-order valence-electron chi connectivity index (χ0n) is 14.0. The molecule has 2 nitrogen and oxygen atoms in total. The summed E-state index contributed by atoms with van der Waals surface area (Å²) in [5.41, 5.74) is 7.99. The third-order valence-electron chi connectivity index (χ3n) is 5.75. The molecular weight excluding hydrogens is 292 g/mol. The normalized spacial score (nSPS) is 21.2. The van der Waals surface area contributed by atoms with Crippen molar-refractivity contribution < 1.29 is 0 Å². The Labute approximate surface area is 142 Å². The van der Waals surface area contributed by atoms with Crippen molar-refractivity contribution in [2.45, 2.75) is 44.6 Å². The van der Waals surface area contributed by atoms with Crippen molar-refractivity contribution in [1.82, 2.24) is 4.98 Å². The Morgan fingerprint density at radius 3 is 2.75 bits per heavy atom. The predicted octanol–water partition coefficient (Wildman–Crippen LogP) is 5.52. The molecule has 2 aliphatic rings. The van der Waals surface area contributed by atoms with Crippen molar-refractivity contribution in [1.29, 1.82) is 0 Å². The number of hydrogen-bond acceptors (Lipinski definition) is 2. The maximum Gasteiger partial charge on any atom is 0.0729 e. The highest BCUT2D eigenvalue weighted by Crippen LogP contribution is 2.55. The van der Waals surface area contributed by atoms with E-state index in [9.17, 15) is 0 Å². The first kappa shape index (κ1) is 14.0. The molecule has 3 aromatic rings. The number of fused-ring (bicyclic) bond motifs is 6. The first-order valence-electron chi connectivity index (χ1n) is 9.01. The second-order valence-electron chi connectivity index (χ2n) is 7.35. The van der Waals surface area contributed by atoms with E-state index in [-0.39, 0.29) is 0 Å². The second kappa shape index (κ2) is 5.34. The molecule has 120 valence electrons. The predicted molar refractivity (Wildman–Crippen MR) is 99.6 cm³/mol. The summed E-state index contributed by atoms with van der Waals surface area (Å²) in [7, 11) is 0. The van der Waals surface area contributed by atoms with Gasteiger partial charge in [0.1, 0.15) is 0 Å². The summed E-state index contributed by atoms with van der Waals surface area (Å²) >= 11 is 0. The zero-order chi connectivity index (χ0) is 16.1. The summed E-state index contributed by atoms with van der Waals surface area (Å²) < 4.78 is 0. The van der Waals surface area contributed by atoms with Crippen LogP contribution in [0.1, 0.15) is 53.5 Å². The highest BCUT2D eigenvalue weighted by atomic mass is 14.9. The van der Waals surface area contributed by atoms with Gasteiger partial charge in [0.25, 0.3) is 0 Å². The van der Waals surface area contributed by atoms with Crippen LogP contribution in [0.3, 0.4) is 0 Å². The average Bonchev–Trinajstić information content (AvgIpc) is 3.21. The number of aryl methyl sites for hydroxylation is 1. The molecule has 0 saturated heterocycles. The molecule has 1 N–H and O–H groups in total. The van der Waals surface area contributed by atoms with Gasteiger partial charge in [-0.1, -0.05) is 42.5 Å². The molecule has 1 fully saturated rings. The Kier molecular flexibility index (Phi) is 3.12. The van der Waals surface area contributed by atoms with Gasteiger partial charge in [0, 0.05) is 34.8 Å². The molecule has 2 unspecified atom stereocenters. The molecule has 0 aliphatic heterocycles. The van der Waals surface area contributed by atoms with Gasteiger partial charge in [0.15, 0.2) is 0 Å². The minimum Gasteiger partial charge on any atom is -0.380 e. The van der Waals surface area contributed by atoms with Crippen LogP contribution in [-0.4, -0.2) is 4.98 Å². The summed E-state index contributed by atoms with van der Waals surface area (Å²) in [6.45, 7) is 3.02. The number of pyridine rings is 1. The lowest BCUT2D eigenvalue weighted by atomic mass is 9.92. The van der Waals surface area contributed by atoms with Crippen LogP contribution < -0.4 is 5.32 Å². The molecule has 0 amide bonds. The number of benzene rings is 2. The molecule has 1 aromatic heterocycles. The van der Waals surface area contributed by atoms with E-state index in [1.54, 1.807) is 0 Å². The smallest absolute Gasteiger partial charge is 0.0729 e. The summed E-state index contributed by atoms with van der Waals surface area (Å²) in [5.74, 6) is 1.40. The van der Waals surface area contributed by atoms with E-state index in [0.29, 0.717) is 11.8 Å². The lowest BCUT2D eigenvalue weighted by molar-refractivity contribution is 0.701. The van der Waals surface area contributed by atoms with Gasteiger partial charge in [-0.2, -0.15) is 0 Å². The van der Waals surface area contributed by atoms with Crippen molar-refractivity contribution in [2.24, 2.45) is 0 Å². The van der Waals surface area contributed by atoms with Crippen molar-refractivity contribution in [3.63, 3.8) is 0 Å². The first-order chi connectivity index (χ1) is 11.8. The number of nitrogens with one attached hydrogen (secondary N) is 1. The maximum atomic E-state index is 5.07. The first-order valence-corrected chi connectivity index (χ1v) is 9.01. The van der Waals surface area contributed by atoms with E-state index >= 15 is 0 Å². The van der Waals surface area contributed by atoms with Gasteiger partial charge < -0.3 is 5.32 Å². The topological polar surface area (TPSA) is 24.9 Å². The summed E-state index contributed by atoms with van der Waals surface area (Å²) in [5, 5.41) is 5.05. The molecule has 2 atom stereocenters. The number of rotatable bonds is 3. The third kappa shape index (κ3) is 2.13. The van der Waals surface area contributed by atoms with Crippen molar-refractivity contribution in [3.8, 4) is 0 Å². The Bertz CT molecular complexity index is 914. The summed E-state index contributed by atoms with van der Waals surface area (Å²) in [6, 6.07) is 17.4. The lowest BCUT2D eigenvalue weighted by Gasteiger charge is -2.21. The van der Waals surface area contributed by atoms with Crippen LogP contribution in [0.4, 0.5) is 5.69 Å². The van der Waals surface area contributed by atoms with E-state index in [1.165, 1.54) is 52.7 Å². The molecule has 2 heteroatoms. The molecule has 1 heterocycles. The molecule has 5 rings (SSSR count). The standard InChI is InChI=1S/C22H22N2/c1-14-7-10-18-19(11-14)24-21-17-9-8-16(12-17)20(21)22(18)23-13-15-5-3-2-4-6-15/h2-7,10-11,16-17H,8-9,12-13H2,1H3,(H,23,24). The average molecular weight is 314 g/mol. The number of nitrogens with zero attached hydrogens (tertiary/aromatic N) is 1. The fourth-order valence-corrected chi connectivity index (χ4v) is 4.60. The Morgan fingerprint density at radius 1 is 1.04 bits per heavy atom. The maximum absolute atomic E-state index is 5.07. The minimum atomic E-state index is 0.687. The minimum absolute atomic E-state index is 0.687. The van der Waals surface area contributed by atoms with Crippen molar-refractivity contribution in [3.05, 3.63) is 70.9 Å². The SMILES string of the molecule is Cc1ccc2c(NCc3ccccc3)c3c(nc2c1)C1CCC3C1. The fourth-order valence-electron chi connectivity index (χ4n) is 4.60. The van der Waals surface area contributed by atoms with Gasteiger partial charge in [-0.25, -0.2) is 0 Å². The number of aromatic nitrogens is 1. The van der Waals surface area contributed by atoms with Crippen LogP contribution >= 0.6 is 0 Å². The van der Waals surface area contributed by atoms with Gasteiger partial charge in [-0.05, 0) is 49.3 Å². The molecule has 2 bridgehead atoms. The van der Waals surface area contributed by atoms with E-state index in [2.05, 4.69) is 60.8 Å². The zero-order valence-corrected chi connectivity index (χ0v) is 14.0. The number of hydrogen-bond donors (Lipinski definition) is 1. The summed E-state index contributed by atoms with van der Waals surface area (Å²) in [4.78, 5) is 5.07. The van der Waals surface area contributed by atoms with Gasteiger partial charge in [0.05, 0.1) is 5.52 Å². The Balaban J connectivity index is 1.64. The van der Waals surface area contributed by atoms with E-state index in [4.69, 9.17) is 4.98 Å². The molecule has 24 heavy (non-hydrogen) atoms. The molecule has 0 radical (unpaired) electrons. The molecule has 2 aliphatic carbocycles. The molecule has 0 spiro atoms. The van der Waals surface area contributed by atoms with E-state index in [0.717, 1.165) is 12.1 Å². The van der Waals surface area contributed by atoms with Crippen LogP contribution in [0.25, 0.3) is 10.9 Å². The van der Waals surface area contributed by atoms with E-state index in [1.807, 2.05) is 0 Å². The van der Waals surface area contributed by atoms with Gasteiger partial charge in [-0.15, -0.1) is 0 Å². The Hall–Kier alpha value is -2.35. The highest BCUT2D eigenvalue weighted by molar-refractivity contribution is 5.94. The van der Waals surface area contributed by atoms with Crippen LogP contribution in [0, 0.1) is 6.92 Å². The van der Waals surface area contributed by atoms with E-state index < -0.39 is 0 Å². The van der Waals surface area contributed by atoms with Crippen LogP contribution in [0.2, 0.25) is 0 Å². The van der Waals surface area contributed by atoms with Gasteiger partial charge >= 0.3 is 0 Å². The second-order valence-corrected chi connectivity index (χ2v) is 7.35. The lowest BCUT2D eigenvalue weighted by Crippen LogP contribution is -2.09. The van der Waals surface area contributed by atoms with Gasteiger partial charge in [0.2, 0.25) is 0 Å². The fraction of sp³-hybridized carbons (Fsp3) is 0.318. The largest absolute Gasteiger partial charge is 0.380 e. The molecule has 2 aromatic carbocycles. The highest BCUT2D eigenvalue weighted by Gasteiger charge is 2.40. The van der Waals surface area contributed by atoms with Crippen LogP contribution in [-0.2, 0) is 6.54 Å². The monoisotopic (exact) mass is 314 g/mol. The third-order valence-corrected chi connectivity index (χ3v) is 5.75. The quantitative estimate of drug-likeness (QED) is 0.688. The van der Waals surface area contributed by atoms with Crippen molar-refractivity contribution in [2.75, 3.05) is 5.32 Å². The van der Waals surface area contributed by atoms with Crippen LogP contribution in [0.15, 0.2) is 48.5 Å². The van der Waals surface area contributed by atoms with Crippen LogP contribution in [0.5, 0.6) is 0 Å². The number of anilines is 1. The van der Waals surface area contributed by atoms with Gasteiger partial charge in [-0.3, -0.25) is 4.98 Å². The molecular formula is C22H22N2. The molecule has 1 saturated carbocycles. The summed E-state index contributed by atoms with van der Waals surface area (Å²) in [6.07, 6.45) is 3.95.